The molecule has 9 heteroatoms. The van der Waals surface area contributed by atoms with Crippen LogP contribution < -0.4 is 20.0 Å². The number of hydrogen-bond acceptors (Lipinski definition) is 6. The highest BCUT2D eigenvalue weighted by Gasteiger charge is 2.30. The number of nitrogens with one attached hydrogen (secondary N) is 1. The van der Waals surface area contributed by atoms with Gasteiger partial charge in [-0.1, -0.05) is 18.2 Å². The van der Waals surface area contributed by atoms with Crippen molar-refractivity contribution in [2.75, 3.05) is 60.3 Å². The van der Waals surface area contributed by atoms with Crippen LogP contribution in [-0.4, -0.2) is 50.2 Å². The van der Waals surface area contributed by atoms with Gasteiger partial charge in [-0.2, -0.15) is 23.1 Å². The first kappa shape index (κ1) is 21.7. The van der Waals surface area contributed by atoms with Crippen LogP contribution in [0.1, 0.15) is 5.56 Å². The molecule has 2 aromatic carbocycles. The van der Waals surface area contributed by atoms with Gasteiger partial charge in [-0.05, 0) is 36.4 Å². The molecule has 1 N–H and O–H groups in total. The molecule has 0 aliphatic carbocycles. The van der Waals surface area contributed by atoms with Gasteiger partial charge >= 0.3 is 6.18 Å². The fraction of sp³-hybridized carbons (Fsp3) is 0.304. The van der Waals surface area contributed by atoms with Crippen LogP contribution in [0.15, 0.2) is 60.7 Å². The van der Waals surface area contributed by atoms with E-state index in [2.05, 4.69) is 37.2 Å². The lowest BCUT2D eigenvalue weighted by molar-refractivity contribution is -0.137. The first-order chi connectivity index (χ1) is 15.3. The fourth-order valence-electron chi connectivity index (χ4n) is 3.55. The smallest absolute Gasteiger partial charge is 0.368 e. The predicted molar refractivity (Wildman–Crippen MR) is 122 cm³/mol. The topological polar surface area (TPSA) is 47.5 Å². The molecule has 168 valence electrons. The molecule has 0 unspecified atom stereocenters. The first-order valence-corrected chi connectivity index (χ1v) is 10.4. The Morgan fingerprint density at radius 3 is 2.06 bits per heavy atom. The molecular formula is C23H25F3N6. The largest absolute Gasteiger partial charge is 0.416 e. The summed E-state index contributed by atoms with van der Waals surface area (Å²) in [6.07, 6.45) is -4.36. The molecule has 4 rings (SSSR count). The third-order valence-corrected chi connectivity index (χ3v) is 5.33. The molecule has 0 saturated carbocycles. The summed E-state index contributed by atoms with van der Waals surface area (Å²) in [7, 11) is 3.78. The van der Waals surface area contributed by atoms with Crippen LogP contribution in [0.2, 0.25) is 0 Å². The van der Waals surface area contributed by atoms with Crippen molar-refractivity contribution in [2.45, 2.75) is 6.18 Å². The summed E-state index contributed by atoms with van der Waals surface area (Å²) < 4.78 is 38.5. The van der Waals surface area contributed by atoms with E-state index < -0.39 is 11.7 Å². The third-order valence-electron chi connectivity index (χ3n) is 5.33. The average Bonchev–Trinajstić information content (AvgIpc) is 2.79. The second kappa shape index (κ2) is 8.94. The van der Waals surface area contributed by atoms with E-state index in [0.717, 1.165) is 44.1 Å². The summed E-state index contributed by atoms with van der Waals surface area (Å²) in [4.78, 5) is 15.7. The number of anilines is 5. The van der Waals surface area contributed by atoms with E-state index in [1.165, 1.54) is 17.8 Å². The summed E-state index contributed by atoms with van der Waals surface area (Å²) >= 11 is 0. The van der Waals surface area contributed by atoms with Gasteiger partial charge in [0.15, 0.2) is 0 Å². The van der Waals surface area contributed by atoms with Crippen molar-refractivity contribution >= 4 is 29.0 Å². The Hall–Kier alpha value is -3.49. The van der Waals surface area contributed by atoms with Gasteiger partial charge in [0.1, 0.15) is 11.6 Å². The van der Waals surface area contributed by atoms with E-state index in [0.29, 0.717) is 17.5 Å². The molecule has 0 spiro atoms. The maximum atomic E-state index is 12.8. The van der Waals surface area contributed by atoms with Crippen molar-refractivity contribution in [2.24, 2.45) is 0 Å². The van der Waals surface area contributed by atoms with Gasteiger partial charge in [0.05, 0.1) is 5.56 Å². The van der Waals surface area contributed by atoms with Crippen LogP contribution in [-0.2, 0) is 6.18 Å². The zero-order valence-electron chi connectivity index (χ0n) is 18.0. The molecule has 3 aromatic rings. The number of aromatic nitrogens is 2. The van der Waals surface area contributed by atoms with E-state index >= 15 is 0 Å². The zero-order valence-corrected chi connectivity index (χ0v) is 18.0. The molecule has 0 atom stereocenters. The Morgan fingerprint density at radius 2 is 1.47 bits per heavy atom. The van der Waals surface area contributed by atoms with Gasteiger partial charge < -0.3 is 20.0 Å². The number of halogens is 3. The molecule has 1 aromatic heterocycles. The van der Waals surface area contributed by atoms with Gasteiger partial charge in [0.2, 0.25) is 5.95 Å². The third kappa shape index (κ3) is 5.04. The summed E-state index contributed by atoms with van der Waals surface area (Å²) in [5.74, 6) is 1.84. The second-order valence-electron chi connectivity index (χ2n) is 7.82. The highest BCUT2D eigenvalue weighted by molar-refractivity contribution is 5.62. The van der Waals surface area contributed by atoms with Crippen molar-refractivity contribution in [3.8, 4) is 0 Å². The standard InChI is InChI=1S/C23H25F3N6/c1-30(2)21-16-20(27-18-10-8-17(9-11-18)23(24,25)26)28-22(29-21)32-14-12-31(13-15-32)19-6-4-3-5-7-19/h3-11,16H,12-15H2,1-2H3,(H,27,28,29). The van der Waals surface area contributed by atoms with Gasteiger partial charge in [0, 0.05) is 57.7 Å². The molecule has 1 saturated heterocycles. The van der Waals surface area contributed by atoms with E-state index in [4.69, 9.17) is 0 Å². The second-order valence-corrected chi connectivity index (χ2v) is 7.82. The number of para-hydroxylation sites is 1. The van der Waals surface area contributed by atoms with Crippen molar-refractivity contribution < 1.29 is 13.2 Å². The molecule has 1 aliphatic rings. The lowest BCUT2D eigenvalue weighted by atomic mass is 10.2. The van der Waals surface area contributed by atoms with Crippen molar-refractivity contribution in [3.63, 3.8) is 0 Å². The van der Waals surface area contributed by atoms with Gasteiger partial charge in [-0.25, -0.2) is 0 Å². The number of hydrogen-bond donors (Lipinski definition) is 1. The van der Waals surface area contributed by atoms with E-state index in [-0.39, 0.29) is 0 Å². The maximum absolute atomic E-state index is 12.8. The normalized spacial score (nSPS) is 14.4. The molecule has 0 bridgehead atoms. The van der Waals surface area contributed by atoms with Crippen molar-refractivity contribution in [1.29, 1.82) is 0 Å². The zero-order chi connectivity index (χ0) is 22.7. The molecule has 0 radical (unpaired) electrons. The van der Waals surface area contributed by atoms with Gasteiger partial charge in [-0.15, -0.1) is 0 Å². The Kier molecular flexibility index (Phi) is 6.07. The Morgan fingerprint density at radius 1 is 0.844 bits per heavy atom. The van der Waals surface area contributed by atoms with Crippen LogP contribution in [0.4, 0.5) is 42.1 Å². The Bertz CT molecular complexity index is 1030. The lowest BCUT2D eigenvalue weighted by Crippen LogP contribution is -2.47. The van der Waals surface area contributed by atoms with Crippen LogP contribution in [0.3, 0.4) is 0 Å². The molecule has 2 heterocycles. The maximum Gasteiger partial charge on any atom is 0.416 e. The molecular weight excluding hydrogens is 417 g/mol. The quantitative estimate of drug-likeness (QED) is 0.622. The summed E-state index contributed by atoms with van der Waals surface area (Å²) in [6, 6.07) is 17.0. The number of piperazine rings is 1. The molecule has 32 heavy (non-hydrogen) atoms. The number of nitrogens with zero attached hydrogens (tertiary/aromatic N) is 5. The Labute approximate surface area is 185 Å². The van der Waals surface area contributed by atoms with Crippen molar-refractivity contribution in [1.82, 2.24) is 9.97 Å². The number of benzene rings is 2. The van der Waals surface area contributed by atoms with Crippen LogP contribution in [0, 0.1) is 0 Å². The first-order valence-electron chi connectivity index (χ1n) is 10.4. The molecule has 6 nitrogen and oxygen atoms in total. The highest BCUT2D eigenvalue weighted by atomic mass is 19.4. The monoisotopic (exact) mass is 442 g/mol. The van der Waals surface area contributed by atoms with Crippen LogP contribution in [0.25, 0.3) is 0 Å². The predicted octanol–water partition coefficient (Wildman–Crippen LogP) is 4.63. The van der Waals surface area contributed by atoms with E-state index in [9.17, 15) is 13.2 Å². The number of alkyl halides is 3. The molecule has 1 aliphatic heterocycles. The molecule has 1 fully saturated rings. The van der Waals surface area contributed by atoms with Gasteiger partial charge in [0.25, 0.3) is 0 Å². The van der Waals surface area contributed by atoms with Gasteiger partial charge in [-0.3, -0.25) is 0 Å². The van der Waals surface area contributed by atoms with Crippen LogP contribution in [0.5, 0.6) is 0 Å². The molecule has 0 amide bonds. The SMILES string of the molecule is CN(C)c1cc(Nc2ccc(C(F)(F)F)cc2)nc(N2CCN(c3ccccc3)CC2)n1. The van der Waals surface area contributed by atoms with E-state index in [1.807, 2.05) is 37.2 Å². The average molecular weight is 442 g/mol. The highest BCUT2D eigenvalue weighted by Crippen LogP contribution is 2.31. The minimum Gasteiger partial charge on any atom is -0.368 e. The fourth-order valence-corrected chi connectivity index (χ4v) is 3.55. The Balaban J connectivity index is 1.51. The van der Waals surface area contributed by atoms with Crippen molar-refractivity contribution in [3.05, 3.63) is 66.2 Å². The summed E-state index contributed by atoms with van der Waals surface area (Å²) in [5.41, 5.74) is 1.04. The summed E-state index contributed by atoms with van der Waals surface area (Å²) in [6.45, 7) is 3.24. The van der Waals surface area contributed by atoms with E-state index in [1.54, 1.807) is 6.07 Å². The minimum atomic E-state index is -4.36. The van der Waals surface area contributed by atoms with Crippen LogP contribution >= 0.6 is 0 Å². The minimum absolute atomic E-state index is 0.529. The number of rotatable bonds is 5. The summed E-state index contributed by atoms with van der Waals surface area (Å²) in [5, 5.41) is 3.11. The lowest BCUT2D eigenvalue weighted by Gasteiger charge is -2.36.